The second-order valence-electron chi connectivity index (χ2n) is 16.4. The molecular weight excluding hydrogens is 780 g/mol. The molecule has 4 nitrogen and oxygen atoms in total. The topological polar surface area (TPSA) is 34.6 Å². The largest absolute Gasteiger partial charge is 2.00 e. The summed E-state index contributed by atoms with van der Waals surface area (Å²) in [5, 5.41) is 7.04. The first-order chi connectivity index (χ1) is 22.8. The molecule has 0 saturated carbocycles. The number of imidazole rings is 2. The van der Waals surface area contributed by atoms with Gasteiger partial charge in [-0.05, 0) is 57.7 Å². The normalized spacial score (nSPS) is 14.0. The second kappa shape index (κ2) is 12.1. The Labute approximate surface area is 303 Å². The minimum Gasteiger partial charge on any atom is -0.340 e. The summed E-state index contributed by atoms with van der Waals surface area (Å²) in [4.78, 5) is 10.6. The van der Waals surface area contributed by atoms with Gasteiger partial charge in [0.05, 0.1) is 22.7 Å². The Morgan fingerprint density at radius 3 is 1.39 bits per heavy atom. The molecule has 4 aromatic heterocycles. The van der Waals surface area contributed by atoms with Gasteiger partial charge in [-0.15, -0.1) is 59.3 Å². The maximum absolute atomic E-state index is 5.30. The van der Waals surface area contributed by atoms with Crippen LogP contribution >= 0.6 is 0 Å². The van der Waals surface area contributed by atoms with Gasteiger partial charge in [-0.3, -0.25) is 9.97 Å². The fourth-order valence-corrected chi connectivity index (χ4v) is 7.62. The molecule has 0 aliphatic heterocycles. The molecular formula is C44H44N4Pt. The van der Waals surface area contributed by atoms with Crippen molar-refractivity contribution in [1.29, 1.82) is 0 Å². The SMILES string of the molecule is CC(c1cn2c3ccc(CC(C)(C)C)cc3c3ccc[c-]c3c2n1)C(C)c1cn2c3ccc(CC(C)(C)C)cc3c3ccc[c-]c3c2n1.[Pt+2]. The van der Waals surface area contributed by atoms with Crippen LogP contribution in [0.2, 0.25) is 0 Å². The van der Waals surface area contributed by atoms with E-state index in [2.05, 4.69) is 149 Å². The van der Waals surface area contributed by atoms with Crippen LogP contribution in [-0.2, 0) is 33.9 Å². The summed E-state index contributed by atoms with van der Waals surface area (Å²) in [6.07, 6.45) is 6.55. The van der Waals surface area contributed by atoms with Crippen LogP contribution in [0.3, 0.4) is 0 Å². The maximum Gasteiger partial charge on any atom is 2.00 e. The van der Waals surface area contributed by atoms with Crippen LogP contribution in [-0.4, -0.2) is 18.8 Å². The van der Waals surface area contributed by atoms with Crippen molar-refractivity contribution in [2.24, 2.45) is 10.8 Å². The third-order valence-electron chi connectivity index (χ3n) is 9.98. The summed E-state index contributed by atoms with van der Waals surface area (Å²) >= 11 is 0. The second-order valence-corrected chi connectivity index (χ2v) is 16.4. The predicted molar refractivity (Wildman–Crippen MR) is 201 cm³/mol. The zero-order chi connectivity index (χ0) is 33.5. The van der Waals surface area contributed by atoms with Crippen molar-refractivity contribution in [3.63, 3.8) is 0 Å². The van der Waals surface area contributed by atoms with E-state index < -0.39 is 0 Å². The van der Waals surface area contributed by atoms with Crippen LogP contribution < -0.4 is 0 Å². The Kier molecular flexibility index (Phi) is 8.26. The monoisotopic (exact) mass is 823 g/mol. The molecule has 4 aromatic carbocycles. The minimum atomic E-state index is 0. The van der Waals surface area contributed by atoms with Gasteiger partial charge in [0, 0.05) is 35.3 Å². The number of benzene rings is 4. The number of fused-ring (bicyclic) bond motifs is 12. The quantitative estimate of drug-likeness (QED) is 0.128. The van der Waals surface area contributed by atoms with Crippen molar-refractivity contribution >= 4 is 54.6 Å². The van der Waals surface area contributed by atoms with Gasteiger partial charge in [0.2, 0.25) is 0 Å². The molecule has 4 heterocycles. The average molecular weight is 824 g/mol. The van der Waals surface area contributed by atoms with Crippen molar-refractivity contribution in [3.8, 4) is 0 Å². The summed E-state index contributed by atoms with van der Waals surface area (Å²) in [6, 6.07) is 33.5. The van der Waals surface area contributed by atoms with E-state index >= 15 is 0 Å². The van der Waals surface area contributed by atoms with E-state index in [0.717, 1.165) is 46.3 Å². The minimum absolute atomic E-state index is 0. The van der Waals surface area contributed by atoms with Crippen LogP contribution in [0, 0.1) is 23.0 Å². The van der Waals surface area contributed by atoms with Gasteiger partial charge in [0.1, 0.15) is 0 Å². The molecule has 0 fully saturated rings. The first-order valence-corrected chi connectivity index (χ1v) is 17.3. The molecule has 49 heavy (non-hydrogen) atoms. The molecule has 0 spiro atoms. The standard InChI is InChI=1S/C44H44N4.Pt/c1-27(37-25-47-39-19-17-29(23-43(3,4)5)21-35(39)31-13-9-11-15-33(31)41(47)45-37)28(2)38-26-48-40-20-18-30(24-44(6,7)8)22-36(40)32-14-10-12-16-34(32)42(48)46-38;/h9-14,17-22,25-28H,23-24H2,1-8H3;/q-2;+2. The van der Waals surface area contributed by atoms with Gasteiger partial charge in [-0.2, -0.15) is 0 Å². The summed E-state index contributed by atoms with van der Waals surface area (Å²) in [7, 11) is 0. The number of pyridine rings is 2. The Morgan fingerprint density at radius 2 is 1.00 bits per heavy atom. The Bertz CT molecular complexity index is 2340. The van der Waals surface area contributed by atoms with E-state index in [1.54, 1.807) is 0 Å². The molecule has 0 aliphatic rings. The molecule has 8 rings (SSSR count). The molecule has 2 unspecified atom stereocenters. The Balaban J connectivity index is 0.00000378. The van der Waals surface area contributed by atoms with Gasteiger partial charge in [-0.1, -0.05) is 90.4 Å². The van der Waals surface area contributed by atoms with Crippen LogP contribution in [0.1, 0.15) is 89.7 Å². The van der Waals surface area contributed by atoms with Gasteiger partial charge in [0.15, 0.2) is 0 Å². The predicted octanol–water partition coefficient (Wildman–Crippen LogP) is 11.3. The van der Waals surface area contributed by atoms with Crippen molar-refractivity contribution in [1.82, 2.24) is 18.8 Å². The number of hydrogen-bond donors (Lipinski definition) is 0. The van der Waals surface area contributed by atoms with Crippen molar-refractivity contribution in [2.45, 2.75) is 80.1 Å². The van der Waals surface area contributed by atoms with Crippen molar-refractivity contribution in [2.75, 3.05) is 0 Å². The first kappa shape index (κ1) is 33.5. The zero-order valence-electron chi connectivity index (χ0n) is 29.8. The number of nitrogens with zero attached hydrogens (tertiary/aromatic N) is 4. The third kappa shape index (κ3) is 5.97. The fraction of sp³-hybridized carbons (Fsp3) is 0.318. The van der Waals surface area contributed by atoms with Crippen LogP contribution in [0.4, 0.5) is 0 Å². The van der Waals surface area contributed by atoms with Crippen molar-refractivity contribution in [3.05, 3.63) is 120 Å². The van der Waals surface area contributed by atoms with E-state index in [0.29, 0.717) is 0 Å². The molecule has 0 aliphatic carbocycles. The van der Waals surface area contributed by atoms with Gasteiger partial charge in [-0.25, -0.2) is 0 Å². The Morgan fingerprint density at radius 1 is 0.592 bits per heavy atom. The van der Waals surface area contributed by atoms with Gasteiger partial charge < -0.3 is 8.80 Å². The van der Waals surface area contributed by atoms with E-state index in [-0.39, 0.29) is 43.7 Å². The Hall–Kier alpha value is -4.01. The molecule has 8 aromatic rings. The fourth-order valence-electron chi connectivity index (χ4n) is 7.62. The van der Waals surface area contributed by atoms with Gasteiger partial charge in [0.25, 0.3) is 0 Å². The molecule has 0 saturated heterocycles. The summed E-state index contributed by atoms with van der Waals surface area (Å²) in [5.74, 6) is 0.285. The van der Waals surface area contributed by atoms with Crippen molar-refractivity contribution < 1.29 is 21.1 Å². The smallest absolute Gasteiger partial charge is 0.340 e. The van der Waals surface area contributed by atoms with E-state index in [4.69, 9.17) is 9.97 Å². The average Bonchev–Trinajstić information content (AvgIpc) is 3.69. The summed E-state index contributed by atoms with van der Waals surface area (Å²) < 4.78 is 4.56. The van der Waals surface area contributed by atoms with Crippen LogP contribution in [0.25, 0.3) is 54.6 Å². The zero-order valence-corrected chi connectivity index (χ0v) is 32.0. The molecule has 0 amide bonds. The summed E-state index contributed by atoms with van der Waals surface area (Å²) in [6.45, 7) is 18.4. The van der Waals surface area contributed by atoms with Crippen LogP contribution in [0.5, 0.6) is 0 Å². The maximum atomic E-state index is 5.30. The first-order valence-electron chi connectivity index (χ1n) is 17.3. The summed E-state index contributed by atoms with van der Waals surface area (Å²) in [5.41, 5.74) is 9.57. The molecule has 2 atom stereocenters. The third-order valence-corrected chi connectivity index (χ3v) is 9.98. The van der Waals surface area contributed by atoms with Crippen LogP contribution in [0.15, 0.2) is 85.2 Å². The molecule has 0 N–H and O–H groups in total. The van der Waals surface area contributed by atoms with E-state index in [1.807, 2.05) is 12.1 Å². The molecule has 5 heteroatoms. The van der Waals surface area contributed by atoms with E-state index in [1.165, 1.54) is 43.7 Å². The molecule has 0 bridgehead atoms. The number of rotatable bonds is 5. The molecule has 0 radical (unpaired) electrons. The van der Waals surface area contributed by atoms with E-state index in [9.17, 15) is 0 Å². The number of hydrogen-bond acceptors (Lipinski definition) is 2. The molecule has 250 valence electrons. The van der Waals surface area contributed by atoms with Gasteiger partial charge >= 0.3 is 21.1 Å². The number of aromatic nitrogens is 4.